The molecule has 4 aromatic rings. The quantitative estimate of drug-likeness (QED) is 0.392. The number of hydrogen-bond donors (Lipinski definition) is 2. The van der Waals surface area contributed by atoms with Crippen LogP contribution in [0.4, 0.5) is 5.69 Å². The van der Waals surface area contributed by atoms with Gasteiger partial charge in [0.15, 0.2) is 10.7 Å². The van der Waals surface area contributed by atoms with Crippen molar-refractivity contribution in [2.75, 3.05) is 5.32 Å². The van der Waals surface area contributed by atoms with Gasteiger partial charge in [-0.3, -0.25) is 10.1 Å². The van der Waals surface area contributed by atoms with Crippen LogP contribution in [0.1, 0.15) is 21.5 Å². The summed E-state index contributed by atoms with van der Waals surface area (Å²) >= 11 is 11.4. The number of carbonyl (C=O) groups is 1. The van der Waals surface area contributed by atoms with Gasteiger partial charge in [-0.1, -0.05) is 35.4 Å². The second kappa shape index (κ2) is 8.26. The predicted molar refractivity (Wildman–Crippen MR) is 124 cm³/mol. The molecule has 0 spiro atoms. The molecule has 0 bridgehead atoms. The smallest absolute Gasteiger partial charge is 0.257 e. The summed E-state index contributed by atoms with van der Waals surface area (Å²) < 4.78 is 5.84. The molecule has 4 rings (SSSR count). The first-order chi connectivity index (χ1) is 14.4. The first-order valence-electron chi connectivity index (χ1n) is 9.25. The molecule has 1 heterocycles. The lowest BCUT2D eigenvalue weighted by Crippen LogP contribution is -2.34. The molecule has 5 nitrogen and oxygen atoms in total. The minimum absolute atomic E-state index is 0.214. The van der Waals surface area contributed by atoms with Crippen molar-refractivity contribution in [2.45, 2.75) is 13.8 Å². The van der Waals surface area contributed by atoms with Gasteiger partial charge in [-0.2, -0.15) is 0 Å². The van der Waals surface area contributed by atoms with E-state index in [-0.39, 0.29) is 11.0 Å². The molecule has 1 amide bonds. The predicted octanol–water partition coefficient (Wildman–Crippen LogP) is 5.89. The number of thiocarbonyl (C=S) groups is 1. The van der Waals surface area contributed by atoms with Crippen molar-refractivity contribution in [3.05, 3.63) is 82.4 Å². The van der Waals surface area contributed by atoms with Crippen LogP contribution in [-0.4, -0.2) is 16.0 Å². The molecule has 150 valence electrons. The lowest BCUT2D eigenvalue weighted by Gasteiger charge is -2.13. The summed E-state index contributed by atoms with van der Waals surface area (Å²) in [5, 5.41) is 6.62. The maximum atomic E-state index is 12.4. The molecule has 0 saturated heterocycles. The molecular formula is C23H18ClN3O2S. The number of hydrogen-bond acceptors (Lipinski definition) is 4. The number of benzene rings is 3. The zero-order valence-corrected chi connectivity index (χ0v) is 17.9. The van der Waals surface area contributed by atoms with Crippen LogP contribution in [0.2, 0.25) is 5.02 Å². The molecule has 0 radical (unpaired) electrons. The van der Waals surface area contributed by atoms with Gasteiger partial charge in [0, 0.05) is 21.8 Å². The highest BCUT2D eigenvalue weighted by Gasteiger charge is 2.13. The Labute approximate surface area is 184 Å². The number of halogens is 1. The van der Waals surface area contributed by atoms with Crippen molar-refractivity contribution in [1.82, 2.24) is 10.3 Å². The highest BCUT2D eigenvalue weighted by molar-refractivity contribution is 7.80. The van der Waals surface area contributed by atoms with Crippen LogP contribution in [0.5, 0.6) is 0 Å². The summed E-state index contributed by atoms with van der Waals surface area (Å²) in [6.07, 6.45) is 0. The van der Waals surface area contributed by atoms with E-state index < -0.39 is 0 Å². The van der Waals surface area contributed by atoms with Crippen LogP contribution in [-0.2, 0) is 0 Å². The number of nitrogens with zero attached hydrogens (tertiary/aromatic N) is 1. The maximum Gasteiger partial charge on any atom is 0.257 e. The number of amides is 1. The van der Waals surface area contributed by atoms with Gasteiger partial charge in [-0.15, -0.1) is 0 Å². The number of oxazole rings is 1. The van der Waals surface area contributed by atoms with Gasteiger partial charge in [0.2, 0.25) is 5.89 Å². The highest BCUT2D eigenvalue weighted by Crippen LogP contribution is 2.29. The minimum atomic E-state index is -0.263. The van der Waals surface area contributed by atoms with Crippen LogP contribution in [0, 0.1) is 13.8 Å². The third-order valence-corrected chi connectivity index (χ3v) is 5.03. The molecule has 0 unspecified atom stereocenters. The fraction of sp³-hybridized carbons (Fsp3) is 0.0870. The Kier molecular flexibility index (Phi) is 5.53. The number of nitrogens with one attached hydrogen (secondary N) is 2. The van der Waals surface area contributed by atoms with E-state index in [9.17, 15) is 4.79 Å². The van der Waals surface area contributed by atoms with E-state index in [1.807, 2.05) is 50.2 Å². The summed E-state index contributed by atoms with van der Waals surface area (Å²) in [6.45, 7) is 3.88. The van der Waals surface area contributed by atoms with Gasteiger partial charge in [0.05, 0.1) is 0 Å². The van der Waals surface area contributed by atoms with Crippen LogP contribution in [0.15, 0.2) is 65.1 Å². The largest absolute Gasteiger partial charge is 0.436 e. The van der Waals surface area contributed by atoms with E-state index in [0.717, 1.165) is 22.4 Å². The molecule has 0 saturated carbocycles. The molecule has 0 aliphatic rings. The maximum absolute atomic E-state index is 12.4. The topological polar surface area (TPSA) is 67.2 Å². The number of carbonyl (C=O) groups excluding carboxylic acids is 1. The monoisotopic (exact) mass is 435 g/mol. The lowest BCUT2D eigenvalue weighted by atomic mass is 10.1. The average Bonchev–Trinajstić information content (AvgIpc) is 3.12. The van der Waals surface area contributed by atoms with Gasteiger partial charge in [0.1, 0.15) is 5.52 Å². The normalized spacial score (nSPS) is 10.8. The van der Waals surface area contributed by atoms with Crippen LogP contribution < -0.4 is 10.6 Å². The highest BCUT2D eigenvalue weighted by atomic mass is 35.5. The van der Waals surface area contributed by atoms with E-state index in [0.29, 0.717) is 27.6 Å². The van der Waals surface area contributed by atoms with Crippen molar-refractivity contribution < 1.29 is 9.21 Å². The molecule has 1 aromatic heterocycles. The molecule has 0 fully saturated rings. The van der Waals surface area contributed by atoms with E-state index in [2.05, 4.69) is 15.6 Å². The second-order valence-electron chi connectivity index (χ2n) is 6.94. The molecule has 0 aliphatic carbocycles. The first-order valence-corrected chi connectivity index (χ1v) is 10.0. The lowest BCUT2D eigenvalue weighted by molar-refractivity contribution is 0.0977. The van der Waals surface area contributed by atoms with Gasteiger partial charge in [-0.05, 0) is 74.1 Å². The van der Waals surface area contributed by atoms with Crippen molar-refractivity contribution in [3.63, 3.8) is 0 Å². The molecule has 0 atom stereocenters. The fourth-order valence-electron chi connectivity index (χ4n) is 3.03. The zero-order chi connectivity index (χ0) is 21.3. The average molecular weight is 436 g/mol. The molecule has 30 heavy (non-hydrogen) atoms. The first kappa shape index (κ1) is 20.1. The van der Waals surface area contributed by atoms with Gasteiger partial charge >= 0.3 is 0 Å². The molecule has 7 heteroatoms. The number of aromatic nitrogens is 1. The third kappa shape index (κ3) is 4.35. The van der Waals surface area contributed by atoms with Crippen molar-refractivity contribution in [2.24, 2.45) is 0 Å². The van der Waals surface area contributed by atoms with Crippen LogP contribution in [0.3, 0.4) is 0 Å². The number of anilines is 1. The molecule has 0 aliphatic heterocycles. The number of rotatable bonds is 3. The molecule has 3 aromatic carbocycles. The zero-order valence-electron chi connectivity index (χ0n) is 16.3. The number of aryl methyl sites for hydroxylation is 2. The fourth-order valence-corrected chi connectivity index (χ4v) is 3.40. The summed E-state index contributed by atoms with van der Waals surface area (Å²) in [7, 11) is 0. The van der Waals surface area contributed by atoms with Gasteiger partial charge < -0.3 is 9.73 Å². The molecule has 2 N–H and O–H groups in total. The Morgan fingerprint density at radius 2 is 1.90 bits per heavy atom. The Bertz CT molecular complexity index is 1280. The van der Waals surface area contributed by atoms with Gasteiger partial charge in [-0.25, -0.2) is 4.98 Å². The van der Waals surface area contributed by atoms with Crippen molar-refractivity contribution >= 4 is 51.6 Å². The van der Waals surface area contributed by atoms with E-state index in [1.54, 1.807) is 24.3 Å². The van der Waals surface area contributed by atoms with E-state index >= 15 is 0 Å². The van der Waals surface area contributed by atoms with E-state index in [4.69, 9.17) is 28.2 Å². The van der Waals surface area contributed by atoms with Crippen LogP contribution >= 0.6 is 23.8 Å². The van der Waals surface area contributed by atoms with Crippen molar-refractivity contribution in [1.29, 1.82) is 0 Å². The summed E-state index contributed by atoms with van der Waals surface area (Å²) in [4.78, 5) is 16.9. The van der Waals surface area contributed by atoms with E-state index in [1.165, 1.54) is 0 Å². The van der Waals surface area contributed by atoms with Crippen molar-refractivity contribution in [3.8, 4) is 11.5 Å². The second-order valence-corrected chi connectivity index (χ2v) is 7.78. The minimum Gasteiger partial charge on any atom is -0.436 e. The van der Waals surface area contributed by atoms with Gasteiger partial charge in [0.25, 0.3) is 5.91 Å². The Balaban J connectivity index is 1.54. The van der Waals surface area contributed by atoms with Crippen LogP contribution in [0.25, 0.3) is 22.6 Å². The standard InChI is InChI=1S/C23H18ClN3O2S/c1-13-4-3-5-15(10-13)21(28)27-23(30)26-18-11-16(7-6-14(18)2)22-25-19-12-17(24)8-9-20(19)29-22/h3-12H,1-2H3,(H2,26,27,28,30). The summed E-state index contributed by atoms with van der Waals surface area (Å²) in [5.41, 5.74) is 5.40. The Morgan fingerprint density at radius 3 is 2.70 bits per heavy atom. The Hall–Kier alpha value is -3.22. The Morgan fingerprint density at radius 1 is 1.07 bits per heavy atom. The molecular weight excluding hydrogens is 418 g/mol. The SMILES string of the molecule is Cc1cccc(C(=O)NC(=S)Nc2cc(-c3nc4cc(Cl)ccc4o3)ccc2C)c1. The number of fused-ring (bicyclic) bond motifs is 1. The summed E-state index contributed by atoms with van der Waals surface area (Å²) in [5.74, 6) is 0.214. The third-order valence-electron chi connectivity index (χ3n) is 4.59. The summed E-state index contributed by atoms with van der Waals surface area (Å²) in [6, 6.07) is 18.4.